The quantitative estimate of drug-likeness (QED) is 0.855. The number of amides is 2. The highest BCUT2D eigenvalue weighted by molar-refractivity contribution is 5.89. The average Bonchev–Trinajstić information content (AvgIpc) is 2.82. The van der Waals surface area contributed by atoms with Crippen LogP contribution in [0.1, 0.15) is 31.7 Å². The maximum atomic E-state index is 13.1. The van der Waals surface area contributed by atoms with Gasteiger partial charge in [-0.15, -0.1) is 0 Å². The highest BCUT2D eigenvalue weighted by Gasteiger charge is 2.27. The highest BCUT2D eigenvalue weighted by atomic mass is 19.1. The molecule has 1 aromatic rings. The van der Waals surface area contributed by atoms with Crippen molar-refractivity contribution in [2.75, 3.05) is 11.9 Å². The van der Waals surface area contributed by atoms with Gasteiger partial charge in [0, 0.05) is 18.3 Å². The number of hydrogen-bond acceptors (Lipinski definition) is 1. The Morgan fingerprint density at radius 1 is 1.56 bits per heavy atom. The van der Waals surface area contributed by atoms with Crippen LogP contribution in [-0.4, -0.2) is 23.5 Å². The Balaban J connectivity index is 2.04. The standard InChI is InChI=1S/C14H19FN2O/c1-3-12-5-4-8-17(12)14(18)16-11-6-7-13(15)10(2)9-11/h6-7,9,12H,3-5,8H2,1-2H3,(H,16,18)/t12-/m1/s1. The molecule has 1 heterocycles. The SMILES string of the molecule is CC[C@@H]1CCCN1C(=O)Nc1ccc(F)c(C)c1. The molecule has 1 N–H and O–H groups in total. The molecular weight excluding hydrogens is 231 g/mol. The van der Waals surface area contributed by atoms with E-state index in [4.69, 9.17) is 0 Å². The molecule has 18 heavy (non-hydrogen) atoms. The second kappa shape index (κ2) is 5.38. The number of nitrogens with zero attached hydrogens (tertiary/aromatic N) is 1. The first-order valence-corrected chi connectivity index (χ1v) is 6.45. The van der Waals surface area contributed by atoms with Gasteiger partial charge in [-0.1, -0.05) is 6.92 Å². The molecule has 0 spiro atoms. The number of likely N-dealkylation sites (tertiary alicyclic amines) is 1. The molecule has 0 radical (unpaired) electrons. The van der Waals surface area contributed by atoms with Crippen LogP contribution >= 0.6 is 0 Å². The fourth-order valence-electron chi connectivity index (χ4n) is 2.45. The molecule has 1 aliphatic heterocycles. The number of carbonyl (C=O) groups is 1. The molecule has 4 heteroatoms. The summed E-state index contributed by atoms with van der Waals surface area (Å²) < 4.78 is 13.1. The summed E-state index contributed by atoms with van der Waals surface area (Å²) in [6, 6.07) is 4.89. The van der Waals surface area contributed by atoms with Gasteiger partial charge >= 0.3 is 6.03 Å². The third-order valence-corrected chi connectivity index (χ3v) is 3.52. The van der Waals surface area contributed by atoms with Gasteiger partial charge in [-0.25, -0.2) is 9.18 Å². The Bertz CT molecular complexity index is 447. The average molecular weight is 250 g/mol. The van der Waals surface area contributed by atoms with Gasteiger partial charge < -0.3 is 10.2 Å². The summed E-state index contributed by atoms with van der Waals surface area (Å²) in [6.45, 7) is 4.60. The fraction of sp³-hybridized carbons (Fsp3) is 0.500. The summed E-state index contributed by atoms with van der Waals surface area (Å²) in [7, 11) is 0. The highest BCUT2D eigenvalue weighted by Crippen LogP contribution is 2.21. The Morgan fingerprint density at radius 2 is 2.33 bits per heavy atom. The Labute approximate surface area is 107 Å². The van der Waals surface area contributed by atoms with E-state index >= 15 is 0 Å². The molecule has 3 nitrogen and oxygen atoms in total. The molecular formula is C14H19FN2O. The van der Waals surface area contributed by atoms with E-state index < -0.39 is 0 Å². The van der Waals surface area contributed by atoms with Gasteiger partial charge in [0.2, 0.25) is 0 Å². The van der Waals surface area contributed by atoms with Crippen molar-refractivity contribution in [2.45, 2.75) is 39.2 Å². The number of benzene rings is 1. The molecule has 1 fully saturated rings. The minimum absolute atomic E-state index is 0.0784. The van der Waals surface area contributed by atoms with Crippen LogP contribution in [0.3, 0.4) is 0 Å². The van der Waals surface area contributed by atoms with Crippen molar-refractivity contribution in [1.29, 1.82) is 0 Å². The predicted molar refractivity (Wildman–Crippen MR) is 70.2 cm³/mol. The van der Waals surface area contributed by atoms with E-state index in [0.717, 1.165) is 25.8 Å². The minimum atomic E-state index is -0.249. The monoisotopic (exact) mass is 250 g/mol. The van der Waals surface area contributed by atoms with Gasteiger partial charge in [-0.3, -0.25) is 0 Å². The maximum Gasteiger partial charge on any atom is 0.322 e. The molecule has 1 saturated heterocycles. The minimum Gasteiger partial charge on any atom is -0.322 e. The molecule has 2 rings (SSSR count). The van der Waals surface area contributed by atoms with Crippen LogP contribution in [0.15, 0.2) is 18.2 Å². The zero-order valence-corrected chi connectivity index (χ0v) is 10.9. The number of hydrogen-bond donors (Lipinski definition) is 1. The van der Waals surface area contributed by atoms with E-state index in [2.05, 4.69) is 12.2 Å². The van der Waals surface area contributed by atoms with Crippen LogP contribution in [0.25, 0.3) is 0 Å². The van der Waals surface area contributed by atoms with Crippen molar-refractivity contribution in [1.82, 2.24) is 4.90 Å². The predicted octanol–water partition coefficient (Wildman–Crippen LogP) is 3.54. The van der Waals surface area contributed by atoms with E-state index in [-0.39, 0.29) is 11.8 Å². The van der Waals surface area contributed by atoms with E-state index in [1.165, 1.54) is 6.07 Å². The molecule has 98 valence electrons. The second-order valence-electron chi connectivity index (χ2n) is 4.79. The molecule has 2 amide bonds. The third kappa shape index (κ3) is 2.63. The molecule has 1 aliphatic rings. The Hall–Kier alpha value is -1.58. The van der Waals surface area contributed by atoms with Crippen LogP contribution in [-0.2, 0) is 0 Å². The first-order chi connectivity index (χ1) is 8.61. The lowest BCUT2D eigenvalue weighted by Gasteiger charge is -2.24. The Morgan fingerprint density at radius 3 is 3.00 bits per heavy atom. The topological polar surface area (TPSA) is 32.3 Å². The lowest BCUT2D eigenvalue weighted by Crippen LogP contribution is -2.38. The van der Waals surface area contributed by atoms with Crippen molar-refractivity contribution < 1.29 is 9.18 Å². The van der Waals surface area contributed by atoms with Gasteiger partial charge in [0.15, 0.2) is 0 Å². The number of urea groups is 1. The number of nitrogens with one attached hydrogen (secondary N) is 1. The third-order valence-electron chi connectivity index (χ3n) is 3.52. The molecule has 1 aromatic carbocycles. The van der Waals surface area contributed by atoms with Crippen molar-refractivity contribution in [3.63, 3.8) is 0 Å². The molecule has 0 bridgehead atoms. The number of rotatable bonds is 2. The Kier molecular flexibility index (Phi) is 3.84. The normalized spacial score (nSPS) is 19.1. The smallest absolute Gasteiger partial charge is 0.322 e. The van der Waals surface area contributed by atoms with Crippen molar-refractivity contribution >= 4 is 11.7 Å². The van der Waals surface area contributed by atoms with Crippen molar-refractivity contribution in [2.24, 2.45) is 0 Å². The second-order valence-corrected chi connectivity index (χ2v) is 4.79. The zero-order chi connectivity index (χ0) is 13.1. The van der Waals surface area contributed by atoms with Crippen LogP contribution < -0.4 is 5.32 Å². The van der Waals surface area contributed by atoms with Gasteiger partial charge in [0.05, 0.1) is 0 Å². The van der Waals surface area contributed by atoms with Crippen LogP contribution in [0, 0.1) is 12.7 Å². The first-order valence-electron chi connectivity index (χ1n) is 6.45. The summed E-state index contributed by atoms with van der Waals surface area (Å²) in [5.74, 6) is -0.249. The summed E-state index contributed by atoms with van der Waals surface area (Å²) in [5.41, 5.74) is 1.20. The van der Waals surface area contributed by atoms with Gasteiger partial charge in [0.25, 0.3) is 0 Å². The first kappa shape index (κ1) is 12.9. The molecule has 0 aliphatic carbocycles. The molecule has 0 saturated carbocycles. The van der Waals surface area contributed by atoms with Crippen LogP contribution in [0.2, 0.25) is 0 Å². The van der Waals surface area contributed by atoms with Crippen molar-refractivity contribution in [3.8, 4) is 0 Å². The summed E-state index contributed by atoms with van der Waals surface area (Å²) >= 11 is 0. The summed E-state index contributed by atoms with van der Waals surface area (Å²) in [6.07, 6.45) is 3.12. The van der Waals surface area contributed by atoms with E-state index in [9.17, 15) is 9.18 Å². The summed E-state index contributed by atoms with van der Waals surface area (Å²) in [4.78, 5) is 14.0. The van der Waals surface area contributed by atoms with Gasteiger partial charge in [0.1, 0.15) is 5.82 Å². The van der Waals surface area contributed by atoms with Crippen LogP contribution in [0.5, 0.6) is 0 Å². The molecule has 0 unspecified atom stereocenters. The van der Waals surface area contributed by atoms with Gasteiger partial charge in [-0.2, -0.15) is 0 Å². The lowest BCUT2D eigenvalue weighted by atomic mass is 10.2. The summed E-state index contributed by atoms with van der Waals surface area (Å²) in [5, 5.41) is 2.84. The maximum absolute atomic E-state index is 13.1. The molecule has 0 aromatic heterocycles. The fourth-order valence-corrected chi connectivity index (χ4v) is 2.45. The number of anilines is 1. The number of halogens is 1. The lowest BCUT2D eigenvalue weighted by molar-refractivity contribution is 0.205. The largest absolute Gasteiger partial charge is 0.322 e. The van der Waals surface area contributed by atoms with E-state index in [0.29, 0.717) is 17.3 Å². The number of aryl methyl sites for hydroxylation is 1. The van der Waals surface area contributed by atoms with E-state index in [1.807, 2.05) is 4.90 Å². The van der Waals surface area contributed by atoms with Gasteiger partial charge in [-0.05, 0) is 49.9 Å². The number of carbonyl (C=O) groups excluding carboxylic acids is 1. The van der Waals surface area contributed by atoms with E-state index in [1.54, 1.807) is 19.1 Å². The van der Waals surface area contributed by atoms with Crippen molar-refractivity contribution in [3.05, 3.63) is 29.6 Å². The molecule has 1 atom stereocenters. The zero-order valence-electron chi connectivity index (χ0n) is 10.9. The van der Waals surface area contributed by atoms with Crippen LogP contribution in [0.4, 0.5) is 14.9 Å².